The first-order chi connectivity index (χ1) is 6.19. The zero-order chi connectivity index (χ0) is 8.79. The van der Waals surface area contributed by atoms with Crippen molar-refractivity contribution in [1.82, 2.24) is 0 Å². The molecule has 2 heterocycles. The molecule has 4 aliphatic rings. The van der Waals surface area contributed by atoms with Crippen molar-refractivity contribution in [3.05, 3.63) is 0 Å². The minimum atomic E-state index is -0.553. The number of ether oxygens (including phenoxy) is 2. The minimum Gasteiger partial charge on any atom is -0.433 e. The number of rotatable bonds is 0. The Balaban J connectivity index is 1.93. The molecule has 13 heavy (non-hydrogen) atoms. The fourth-order valence-electron chi connectivity index (χ4n) is 4.23. The van der Waals surface area contributed by atoms with Crippen LogP contribution in [-0.2, 0) is 14.3 Å². The zero-order valence-electron chi connectivity index (χ0n) is 7.53. The molecule has 3 nitrogen and oxygen atoms in total. The summed E-state index contributed by atoms with van der Waals surface area (Å²) in [5.41, 5.74) is 0. The van der Waals surface area contributed by atoms with Gasteiger partial charge in [0.1, 0.15) is 0 Å². The van der Waals surface area contributed by atoms with E-state index in [9.17, 15) is 4.79 Å². The Bertz CT molecular complexity index is 311. The van der Waals surface area contributed by atoms with Crippen LogP contribution in [0.15, 0.2) is 0 Å². The highest BCUT2D eigenvalue weighted by atomic mass is 16.7. The highest BCUT2D eigenvalue weighted by Gasteiger charge is 2.73. The summed E-state index contributed by atoms with van der Waals surface area (Å²) in [6, 6.07) is 0. The number of hydrogen-bond acceptors (Lipinski definition) is 3. The molecule has 70 valence electrons. The van der Waals surface area contributed by atoms with E-state index in [1.54, 1.807) is 0 Å². The van der Waals surface area contributed by atoms with Crippen molar-refractivity contribution in [2.24, 2.45) is 23.7 Å². The van der Waals surface area contributed by atoms with Crippen LogP contribution in [-0.4, -0.2) is 17.9 Å². The lowest BCUT2D eigenvalue weighted by Gasteiger charge is -2.21. The highest BCUT2D eigenvalue weighted by Crippen LogP contribution is 2.66. The van der Waals surface area contributed by atoms with Crippen LogP contribution in [0.25, 0.3) is 0 Å². The molecule has 0 aromatic rings. The van der Waals surface area contributed by atoms with Crippen LogP contribution in [0, 0.1) is 23.7 Å². The summed E-state index contributed by atoms with van der Waals surface area (Å²) in [5.74, 6) is 1.18. The molecule has 3 heteroatoms. The van der Waals surface area contributed by atoms with Gasteiger partial charge in [-0.25, -0.2) is 0 Å². The van der Waals surface area contributed by atoms with E-state index in [-0.39, 0.29) is 11.9 Å². The van der Waals surface area contributed by atoms with E-state index in [2.05, 4.69) is 0 Å². The van der Waals surface area contributed by atoms with Crippen LogP contribution in [0.4, 0.5) is 0 Å². The van der Waals surface area contributed by atoms with Crippen molar-refractivity contribution in [2.45, 2.75) is 31.7 Å². The van der Waals surface area contributed by atoms with E-state index in [1.165, 1.54) is 6.42 Å². The van der Waals surface area contributed by atoms with E-state index in [0.29, 0.717) is 23.9 Å². The molecule has 0 aromatic heterocycles. The summed E-state index contributed by atoms with van der Waals surface area (Å²) in [4.78, 5) is 11.6. The largest absolute Gasteiger partial charge is 0.433 e. The van der Waals surface area contributed by atoms with Gasteiger partial charge in [0.25, 0.3) is 0 Å². The van der Waals surface area contributed by atoms with Crippen LogP contribution in [0.5, 0.6) is 0 Å². The first kappa shape index (κ1) is 6.82. The van der Waals surface area contributed by atoms with Crippen molar-refractivity contribution in [3.8, 4) is 0 Å². The van der Waals surface area contributed by atoms with Gasteiger partial charge in [-0.1, -0.05) is 0 Å². The second-order valence-electron chi connectivity index (χ2n) is 5.04. The van der Waals surface area contributed by atoms with E-state index in [4.69, 9.17) is 9.47 Å². The summed E-state index contributed by atoms with van der Waals surface area (Å²) in [6.45, 7) is 1.94. The third-order valence-corrected chi connectivity index (χ3v) is 4.51. The molecule has 0 unspecified atom stereocenters. The summed E-state index contributed by atoms with van der Waals surface area (Å²) in [5, 5.41) is 0. The average Bonchev–Trinajstić information content (AvgIpc) is 2.63. The number of hydrogen-bond donors (Lipinski definition) is 0. The smallest absolute Gasteiger partial charge is 0.312 e. The number of carbonyl (C=O) groups excluding carboxylic acids is 1. The predicted molar refractivity (Wildman–Crippen MR) is 42.6 cm³/mol. The Kier molecular flexibility index (Phi) is 0.867. The van der Waals surface area contributed by atoms with E-state index in [1.807, 2.05) is 6.92 Å². The number of fused-ring (bicyclic) bond motifs is 2. The fraction of sp³-hybridized carbons (Fsp3) is 0.900. The van der Waals surface area contributed by atoms with Gasteiger partial charge in [-0.2, -0.15) is 0 Å². The van der Waals surface area contributed by atoms with Crippen LogP contribution in [0.3, 0.4) is 0 Å². The molecule has 0 spiro atoms. The van der Waals surface area contributed by atoms with E-state index >= 15 is 0 Å². The Morgan fingerprint density at radius 3 is 3.15 bits per heavy atom. The molecule has 4 rings (SSSR count). The summed E-state index contributed by atoms with van der Waals surface area (Å²) < 4.78 is 11.2. The van der Waals surface area contributed by atoms with Crippen LogP contribution < -0.4 is 0 Å². The van der Waals surface area contributed by atoms with Gasteiger partial charge < -0.3 is 9.47 Å². The highest BCUT2D eigenvalue weighted by molar-refractivity contribution is 5.77. The van der Waals surface area contributed by atoms with Gasteiger partial charge in [-0.15, -0.1) is 0 Å². The first-order valence-corrected chi connectivity index (χ1v) is 5.10. The molecule has 0 amide bonds. The molecule has 2 bridgehead atoms. The summed E-state index contributed by atoms with van der Waals surface area (Å²) in [7, 11) is 0. The van der Waals surface area contributed by atoms with Crippen molar-refractivity contribution in [1.29, 1.82) is 0 Å². The normalized spacial score (nSPS) is 66.2. The van der Waals surface area contributed by atoms with Gasteiger partial charge in [0, 0.05) is 12.8 Å². The molecule has 2 aliphatic heterocycles. The standard InChI is InChI=1S/C10H12O3/c1-10-8-5-2-4(3-6(5)12-10)7(8)9(11)13-10/h4-8H,2-3H2,1H3/t4-,5+,6-,7+,8-,10+/m1/s1. The lowest BCUT2D eigenvalue weighted by atomic mass is 9.79. The maximum atomic E-state index is 11.6. The van der Waals surface area contributed by atoms with Crippen LogP contribution in [0.2, 0.25) is 0 Å². The minimum absolute atomic E-state index is 0.00171. The summed E-state index contributed by atoms with van der Waals surface area (Å²) in [6.07, 6.45) is 2.69. The van der Waals surface area contributed by atoms with E-state index in [0.717, 1.165) is 6.42 Å². The Hall–Kier alpha value is -0.570. The van der Waals surface area contributed by atoms with Gasteiger partial charge in [-0.05, 0) is 24.7 Å². The molecular weight excluding hydrogens is 168 g/mol. The SMILES string of the molecule is C[C@]12OC(=O)[C@H]3[C@@H]4C[C@H]([C@H]31)[C@@H](C4)O2. The van der Waals surface area contributed by atoms with Crippen LogP contribution in [0.1, 0.15) is 19.8 Å². The Labute approximate surface area is 76.4 Å². The third kappa shape index (κ3) is 0.539. The van der Waals surface area contributed by atoms with Gasteiger partial charge in [0.15, 0.2) is 0 Å². The molecule has 4 fully saturated rings. The molecule has 2 saturated carbocycles. The molecule has 0 N–H and O–H groups in total. The second-order valence-corrected chi connectivity index (χ2v) is 5.04. The Morgan fingerprint density at radius 2 is 2.31 bits per heavy atom. The maximum absolute atomic E-state index is 11.6. The lowest BCUT2D eigenvalue weighted by Crippen LogP contribution is -2.30. The fourth-order valence-corrected chi connectivity index (χ4v) is 4.23. The molecule has 0 aromatic carbocycles. The first-order valence-electron chi connectivity index (χ1n) is 5.10. The quantitative estimate of drug-likeness (QED) is 0.520. The summed E-state index contributed by atoms with van der Waals surface area (Å²) >= 11 is 0. The lowest BCUT2D eigenvalue weighted by molar-refractivity contribution is -0.207. The molecule has 0 radical (unpaired) electrons. The van der Waals surface area contributed by atoms with Crippen molar-refractivity contribution in [2.75, 3.05) is 0 Å². The van der Waals surface area contributed by atoms with Crippen molar-refractivity contribution >= 4 is 5.97 Å². The zero-order valence-corrected chi connectivity index (χ0v) is 7.53. The van der Waals surface area contributed by atoms with Gasteiger partial charge >= 0.3 is 5.97 Å². The molecule has 2 aliphatic carbocycles. The molecule has 6 atom stereocenters. The van der Waals surface area contributed by atoms with Gasteiger partial charge in [0.05, 0.1) is 12.0 Å². The molecular formula is C10H12O3. The number of esters is 1. The monoisotopic (exact) mass is 180 g/mol. The number of carbonyl (C=O) groups is 1. The van der Waals surface area contributed by atoms with Gasteiger partial charge in [-0.3, -0.25) is 4.79 Å². The molecule has 2 saturated heterocycles. The Morgan fingerprint density at radius 1 is 1.46 bits per heavy atom. The topological polar surface area (TPSA) is 35.5 Å². The van der Waals surface area contributed by atoms with Crippen molar-refractivity contribution in [3.63, 3.8) is 0 Å². The second kappa shape index (κ2) is 1.65. The third-order valence-electron chi connectivity index (χ3n) is 4.51. The van der Waals surface area contributed by atoms with Crippen molar-refractivity contribution < 1.29 is 14.3 Å². The maximum Gasteiger partial charge on any atom is 0.312 e. The average molecular weight is 180 g/mol. The van der Waals surface area contributed by atoms with Gasteiger partial charge in [0.2, 0.25) is 5.79 Å². The predicted octanol–water partition coefficient (Wildman–Crippen LogP) is 0.930. The van der Waals surface area contributed by atoms with E-state index < -0.39 is 5.79 Å². The van der Waals surface area contributed by atoms with Crippen LogP contribution >= 0.6 is 0 Å².